The van der Waals surface area contributed by atoms with Crippen molar-refractivity contribution in [3.63, 3.8) is 0 Å². The van der Waals surface area contributed by atoms with Crippen molar-refractivity contribution in [1.82, 2.24) is 4.98 Å². The fourth-order valence-electron chi connectivity index (χ4n) is 1.99. The lowest BCUT2D eigenvalue weighted by Gasteiger charge is -2.24. The summed E-state index contributed by atoms with van der Waals surface area (Å²) < 4.78 is 5.42. The number of benzene rings is 1. The van der Waals surface area contributed by atoms with Crippen LogP contribution in [-0.2, 0) is 5.54 Å². The van der Waals surface area contributed by atoms with Gasteiger partial charge in [-0.3, -0.25) is 0 Å². The second kappa shape index (κ2) is 4.47. The maximum atomic E-state index is 8.87. The third kappa shape index (κ3) is 2.48. The predicted octanol–water partition coefficient (Wildman–Crippen LogP) is 2.08. The standard InChI is InChI=1S/C13H18N2O2/c1-9-15-11-8-10(4-5-12(11)17-9)13(2,14)6-3-7-16/h4-5,8,16H,3,6-7,14H2,1-2H3. The molecule has 1 aromatic carbocycles. The Kier molecular flexibility index (Phi) is 3.17. The highest BCUT2D eigenvalue weighted by Gasteiger charge is 2.21. The Morgan fingerprint density at radius 1 is 1.47 bits per heavy atom. The van der Waals surface area contributed by atoms with Gasteiger partial charge >= 0.3 is 0 Å². The number of oxazole rings is 1. The minimum atomic E-state index is -0.441. The first-order chi connectivity index (χ1) is 8.03. The van der Waals surface area contributed by atoms with Crippen molar-refractivity contribution in [1.29, 1.82) is 0 Å². The molecule has 3 N–H and O–H groups in total. The molecule has 0 aliphatic carbocycles. The lowest BCUT2D eigenvalue weighted by atomic mass is 9.88. The van der Waals surface area contributed by atoms with Gasteiger partial charge in [-0.15, -0.1) is 0 Å². The number of aromatic nitrogens is 1. The van der Waals surface area contributed by atoms with E-state index < -0.39 is 5.54 Å². The van der Waals surface area contributed by atoms with Crippen molar-refractivity contribution in [2.75, 3.05) is 6.61 Å². The van der Waals surface area contributed by atoms with Crippen LogP contribution in [0.4, 0.5) is 0 Å². The molecule has 1 unspecified atom stereocenters. The van der Waals surface area contributed by atoms with E-state index in [0.29, 0.717) is 12.3 Å². The lowest BCUT2D eigenvalue weighted by Crippen LogP contribution is -2.33. The highest BCUT2D eigenvalue weighted by molar-refractivity contribution is 5.73. The molecule has 0 bridgehead atoms. The summed E-state index contributed by atoms with van der Waals surface area (Å²) >= 11 is 0. The summed E-state index contributed by atoms with van der Waals surface area (Å²) in [6, 6.07) is 5.82. The Hall–Kier alpha value is -1.39. The van der Waals surface area contributed by atoms with E-state index >= 15 is 0 Å². The third-order valence-corrected chi connectivity index (χ3v) is 3.01. The molecule has 92 valence electrons. The van der Waals surface area contributed by atoms with Gasteiger partial charge in [0.25, 0.3) is 0 Å². The Morgan fingerprint density at radius 3 is 2.94 bits per heavy atom. The maximum Gasteiger partial charge on any atom is 0.192 e. The Morgan fingerprint density at radius 2 is 2.24 bits per heavy atom. The van der Waals surface area contributed by atoms with Gasteiger partial charge in [-0.05, 0) is 37.5 Å². The molecule has 1 heterocycles. The van der Waals surface area contributed by atoms with E-state index in [1.165, 1.54) is 0 Å². The molecule has 2 rings (SSSR count). The van der Waals surface area contributed by atoms with Crippen LogP contribution in [0.1, 0.15) is 31.2 Å². The van der Waals surface area contributed by atoms with Crippen LogP contribution in [0.15, 0.2) is 22.6 Å². The summed E-state index contributed by atoms with van der Waals surface area (Å²) in [5, 5.41) is 8.87. The third-order valence-electron chi connectivity index (χ3n) is 3.01. The zero-order chi connectivity index (χ0) is 12.5. The van der Waals surface area contributed by atoms with E-state index in [-0.39, 0.29) is 6.61 Å². The normalized spacial score (nSPS) is 15.1. The average Bonchev–Trinajstić information content (AvgIpc) is 2.65. The molecule has 0 fully saturated rings. The number of aryl methyl sites for hydroxylation is 1. The van der Waals surface area contributed by atoms with Gasteiger partial charge in [0, 0.05) is 19.1 Å². The van der Waals surface area contributed by atoms with Crippen LogP contribution in [0, 0.1) is 6.92 Å². The molecule has 1 aromatic heterocycles. The number of aliphatic hydroxyl groups excluding tert-OH is 1. The topological polar surface area (TPSA) is 72.3 Å². The summed E-state index contributed by atoms with van der Waals surface area (Å²) in [7, 11) is 0. The van der Waals surface area contributed by atoms with Crippen molar-refractivity contribution in [2.45, 2.75) is 32.2 Å². The molecule has 0 saturated carbocycles. The lowest BCUT2D eigenvalue weighted by molar-refractivity contribution is 0.266. The first-order valence-corrected chi connectivity index (χ1v) is 5.80. The van der Waals surface area contributed by atoms with Crippen molar-refractivity contribution in [3.05, 3.63) is 29.7 Å². The van der Waals surface area contributed by atoms with Crippen LogP contribution < -0.4 is 5.73 Å². The van der Waals surface area contributed by atoms with Gasteiger partial charge in [-0.1, -0.05) is 6.07 Å². The van der Waals surface area contributed by atoms with Crippen LogP contribution in [0.3, 0.4) is 0 Å². The summed E-state index contributed by atoms with van der Waals surface area (Å²) in [6.07, 6.45) is 1.44. The summed E-state index contributed by atoms with van der Waals surface area (Å²) in [5.74, 6) is 0.659. The SMILES string of the molecule is Cc1nc2cc(C(C)(N)CCCO)ccc2o1. The van der Waals surface area contributed by atoms with E-state index in [1.54, 1.807) is 0 Å². The van der Waals surface area contributed by atoms with Gasteiger partial charge in [0.1, 0.15) is 5.52 Å². The molecular weight excluding hydrogens is 216 g/mol. The Labute approximate surface area is 100 Å². The summed E-state index contributed by atoms with van der Waals surface area (Å²) in [4.78, 5) is 4.30. The van der Waals surface area contributed by atoms with Crippen LogP contribution in [-0.4, -0.2) is 16.7 Å². The molecule has 1 atom stereocenters. The largest absolute Gasteiger partial charge is 0.441 e. The zero-order valence-corrected chi connectivity index (χ0v) is 10.2. The van der Waals surface area contributed by atoms with E-state index in [1.807, 2.05) is 32.0 Å². The number of hydrogen-bond acceptors (Lipinski definition) is 4. The Balaban J connectivity index is 2.34. The zero-order valence-electron chi connectivity index (χ0n) is 10.2. The van der Waals surface area contributed by atoms with Crippen molar-refractivity contribution < 1.29 is 9.52 Å². The molecule has 4 heteroatoms. The van der Waals surface area contributed by atoms with Gasteiger partial charge in [-0.25, -0.2) is 4.98 Å². The quantitative estimate of drug-likeness (QED) is 0.849. The molecule has 17 heavy (non-hydrogen) atoms. The number of rotatable bonds is 4. The minimum absolute atomic E-state index is 0.165. The number of fused-ring (bicyclic) bond motifs is 1. The summed E-state index contributed by atoms with van der Waals surface area (Å²) in [6.45, 7) is 3.96. The predicted molar refractivity (Wildman–Crippen MR) is 66.6 cm³/mol. The van der Waals surface area contributed by atoms with Crippen LogP contribution >= 0.6 is 0 Å². The van der Waals surface area contributed by atoms with Crippen molar-refractivity contribution in [2.24, 2.45) is 5.73 Å². The molecule has 4 nitrogen and oxygen atoms in total. The van der Waals surface area contributed by atoms with E-state index in [9.17, 15) is 0 Å². The average molecular weight is 234 g/mol. The smallest absolute Gasteiger partial charge is 0.192 e. The first-order valence-electron chi connectivity index (χ1n) is 5.80. The molecule has 2 aromatic rings. The maximum absolute atomic E-state index is 8.87. The molecular formula is C13H18N2O2. The number of nitrogens with zero attached hydrogens (tertiary/aromatic N) is 1. The van der Waals surface area contributed by atoms with Crippen molar-refractivity contribution in [3.8, 4) is 0 Å². The monoisotopic (exact) mass is 234 g/mol. The first kappa shape index (κ1) is 12.1. The van der Waals surface area contributed by atoms with E-state index in [0.717, 1.165) is 23.1 Å². The number of aliphatic hydroxyl groups is 1. The van der Waals surface area contributed by atoms with Crippen LogP contribution in [0.2, 0.25) is 0 Å². The molecule has 0 saturated heterocycles. The second-order valence-electron chi connectivity index (χ2n) is 4.66. The van der Waals surface area contributed by atoms with Crippen LogP contribution in [0.25, 0.3) is 11.1 Å². The molecule has 0 radical (unpaired) electrons. The number of hydrogen-bond donors (Lipinski definition) is 2. The second-order valence-corrected chi connectivity index (χ2v) is 4.66. The van der Waals surface area contributed by atoms with Gasteiger partial charge in [0.05, 0.1) is 0 Å². The van der Waals surface area contributed by atoms with Crippen LogP contribution in [0.5, 0.6) is 0 Å². The minimum Gasteiger partial charge on any atom is -0.441 e. The fourth-order valence-corrected chi connectivity index (χ4v) is 1.99. The number of nitrogens with two attached hydrogens (primary N) is 1. The molecule has 0 aliphatic heterocycles. The molecule has 0 amide bonds. The summed E-state index contributed by atoms with van der Waals surface area (Å²) in [5.41, 5.74) is 8.45. The van der Waals surface area contributed by atoms with Crippen molar-refractivity contribution >= 4 is 11.1 Å². The van der Waals surface area contributed by atoms with Gasteiger partial charge in [0.15, 0.2) is 11.5 Å². The van der Waals surface area contributed by atoms with E-state index in [2.05, 4.69) is 4.98 Å². The Bertz CT molecular complexity index is 517. The molecule has 0 spiro atoms. The van der Waals surface area contributed by atoms with Gasteiger partial charge < -0.3 is 15.3 Å². The van der Waals surface area contributed by atoms with Gasteiger partial charge in [-0.2, -0.15) is 0 Å². The van der Waals surface area contributed by atoms with Gasteiger partial charge in [0.2, 0.25) is 0 Å². The molecule has 0 aliphatic rings. The van der Waals surface area contributed by atoms with E-state index in [4.69, 9.17) is 15.3 Å². The fraction of sp³-hybridized carbons (Fsp3) is 0.462. The highest BCUT2D eigenvalue weighted by Crippen LogP contribution is 2.26. The highest BCUT2D eigenvalue weighted by atomic mass is 16.3.